The number of hydrogen-bond donors (Lipinski definition) is 1. The molecule has 1 aromatic rings. The monoisotopic (exact) mass is 293 g/mol. The highest BCUT2D eigenvalue weighted by atomic mass is 16.5. The molecular formula is C16H23NO4. The number of rotatable bonds is 7. The average molecular weight is 293 g/mol. The van der Waals surface area contributed by atoms with Crippen LogP contribution in [0.25, 0.3) is 0 Å². The average Bonchev–Trinajstić information content (AvgIpc) is 2.37. The minimum Gasteiger partial charge on any atom is -0.496 e. The van der Waals surface area contributed by atoms with Crippen LogP contribution in [0.1, 0.15) is 25.0 Å². The van der Waals surface area contributed by atoms with Crippen LogP contribution in [0, 0.1) is 12.8 Å². The van der Waals surface area contributed by atoms with Gasteiger partial charge in [-0.25, -0.2) is 0 Å². The number of amides is 1. The number of carboxylic acids is 1. The first-order chi connectivity index (χ1) is 9.83. The second-order valence-corrected chi connectivity index (χ2v) is 5.55. The number of aryl methyl sites for hydroxylation is 1. The van der Waals surface area contributed by atoms with Crippen molar-refractivity contribution < 1.29 is 19.4 Å². The number of hydrogen-bond acceptors (Lipinski definition) is 3. The Morgan fingerprint density at radius 2 is 2.00 bits per heavy atom. The third-order valence-electron chi connectivity index (χ3n) is 3.04. The van der Waals surface area contributed by atoms with Gasteiger partial charge < -0.3 is 14.7 Å². The predicted octanol–water partition coefficient (Wildman–Crippen LogP) is 2.12. The largest absolute Gasteiger partial charge is 0.496 e. The second-order valence-electron chi connectivity index (χ2n) is 5.55. The van der Waals surface area contributed by atoms with Crippen LogP contribution in [0.3, 0.4) is 0 Å². The summed E-state index contributed by atoms with van der Waals surface area (Å²) >= 11 is 0. The summed E-state index contributed by atoms with van der Waals surface area (Å²) in [5.74, 6) is -0.336. The van der Waals surface area contributed by atoms with E-state index < -0.39 is 5.97 Å². The molecule has 0 unspecified atom stereocenters. The number of nitrogens with zero attached hydrogens (tertiary/aromatic N) is 1. The maximum absolute atomic E-state index is 12.4. The number of benzene rings is 1. The Morgan fingerprint density at radius 1 is 1.33 bits per heavy atom. The molecule has 0 aromatic heterocycles. The van der Waals surface area contributed by atoms with Gasteiger partial charge in [-0.05, 0) is 18.9 Å². The molecule has 1 aromatic carbocycles. The topological polar surface area (TPSA) is 66.8 Å². The van der Waals surface area contributed by atoms with E-state index in [0.29, 0.717) is 12.3 Å². The highest BCUT2D eigenvalue weighted by Gasteiger charge is 2.19. The Morgan fingerprint density at radius 3 is 2.52 bits per heavy atom. The minimum absolute atomic E-state index is 0.144. The van der Waals surface area contributed by atoms with Gasteiger partial charge in [0.05, 0.1) is 13.5 Å². The third-order valence-corrected chi connectivity index (χ3v) is 3.04. The normalized spacial score (nSPS) is 10.5. The molecule has 0 atom stereocenters. The second kappa shape index (κ2) is 7.67. The fourth-order valence-corrected chi connectivity index (χ4v) is 2.18. The van der Waals surface area contributed by atoms with Gasteiger partial charge in [-0.2, -0.15) is 0 Å². The summed E-state index contributed by atoms with van der Waals surface area (Å²) < 4.78 is 5.26. The summed E-state index contributed by atoms with van der Waals surface area (Å²) in [4.78, 5) is 24.7. The lowest BCUT2D eigenvalue weighted by Crippen LogP contribution is -2.39. The van der Waals surface area contributed by atoms with Crippen molar-refractivity contribution in [2.75, 3.05) is 20.2 Å². The maximum atomic E-state index is 12.4. The molecule has 0 radical (unpaired) electrons. The Bertz CT molecular complexity index is 511. The van der Waals surface area contributed by atoms with E-state index in [2.05, 4.69) is 0 Å². The Hall–Kier alpha value is -2.04. The van der Waals surface area contributed by atoms with Crippen LogP contribution in [-0.2, 0) is 16.0 Å². The van der Waals surface area contributed by atoms with Crippen LogP contribution in [0.2, 0.25) is 0 Å². The maximum Gasteiger partial charge on any atom is 0.323 e. The number of methoxy groups -OCH3 is 1. The van der Waals surface area contributed by atoms with Crippen molar-refractivity contribution in [1.29, 1.82) is 0 Å². The van der Waals surface area contributed by atoms with Crippen molar-refractivity contribution >= 4 is 11.9 Å². The molecule has 5 nitrogen and oxygen atoms in total. The molecule has 0 aliphatic rings. The van der Waals surface area contributed by atoms with Gasteiger partial charge >= 0.3 is 5.97 Å². The molecule has 21 heavy (non-hydrogen) atoms. The first kappa shape index (κ1) is 17.0. The molecule has 1 N–H and O–H groups in total. The zero-order chi connectivity index (χ0) is 16.0. The van der Waals surface area contributed by atoms with Crippen molar-refractivity contribution in [3.8, 4) is 5.75 Å². The van der Waals surface area contributed by atoms with E-state index in [1.807, 2.05) is 39.0 Å². The van der Waals surface area contributed by atoms with Crippen molar-refractivity contribution in [3.05, 3.63) is 29.3 Å². The molecule has 0 spiro atoms. The molecule has 116 valence electrons. The van der Waals surface area contributed by atoms with Gasteiger partial charge in [0.1, 0.15) is 12.3 Å². The lowest BCUT2D eigenvalue weighted by Gasteiger charge is -2.23. The summed E-state index contributed by atoms with van der Waals surface area (Å²) in [6.45, 7) is 6.01. The molecular weight excluding hydrogens is 270 g/mol. The highest BCUT2D eigenvalue weighted by molar-refractivity contribution is 5.83. The van der Waals surface area contributed by atoms with E-state index in [1.54, 1.807) is 7.11 Å². The molecule has 0 heterocycles. The van der Waals surface area contributed by atoms with Crippen LogP contribution in [0.5, 0.6) is 5.75 Å². The number of carboxylic acid groups (broad SMARTS) is 1. The standard InChI is InChI=1S/C16H23NO4/c1-11(2)9-17(10-16(19)20)15(18)8-13-7-12(3)5-6-14(13)21-4/h5-7,11H,8-10H2,1-4H3,(H,19,20). The molecule has 5 heteroatoms. The highest BCUT2D eigenvalue weighted by Crippen LogP contribution is 2.21. The van der Waals surface area contributed by atoms with Crippen molar-refractivity contribution in [3.63, 3.8) is 0 Å². The lowest BCUT2D eigenvalue weighted by molar-refractivity contribution is -0.144. The first-order valence-corrected chi connectivity index (χ1v) is 6.96. The molecule has 0 aliphatic carbocycles. The van der Waals surface area contributed by atoms with Crippen molar-refractivity contribution in [2.24, 2.45) is 5.92 Å². The molecule has 0 bridgehead atoms. The minimum atomic E-state index is -1.000. The zero-order valence-corrected chi connectivity index (χ0v) is 13.0. The molecule has 0 saturated heterocycles. The molecule has 0 saturated carbocycles. The van der Waals surface area contributed by atoms with Gasteiger partial charge in [0.15, 0.2) is 0 Å². The molecule has 1 rings (SSSR count). The quantitative estimate of drug-likeness (QED) is 0.836. The fourth-order valence-electron chi connectivity index (χ4n) is 2.18. The Kier molecular flexibility index (Phi) is 6.21. The Balaban J connectivity index is 2.90. The summed E-state index contributed by atoms with van der Waals surface area (Å²) in [6.07, 6.45) is 0.144. The van der Waals surface area contributed by atoms with E-state index in [0.717, 1.165) is 11.1 Å². The third kappa shape index (κ3) is 5.45. The zero-order valence-electron chi connectivity index (χ0n) is 13.0. The molecule has 0 aliphatic heterocycles. The number of carbonyl (C=O) groups excluding carboxylic acids is 1. The van der Waals surface area contributed by atoms with Gasteiger partial charge in [0, 0.05) is 12.1 Å². The van der Waals surface area contributed by atoms with Gasteiger partial charge in [-0.15, -0.1) is 0 Å². The van der Waals surface area contributed by atoms with E-state index in [9.17, 15) is 9.59 Å². The SMILES string of the molecule is COc1ccc(C)cc1CC(=O)N(CC(=O)O)CC(C)C. The first-order valence-electron chi connectivity index (χ1n) is 6.96. The lowest BCUT2D eigenvalue weighted by atomic mass is 10.1. The van der Waals surface area contributed by atoms with Gasteiger partial charge in [-0.3, -0.25) is 9.59 Å². The van der Waals surface area contributed by atoms with E-state index in [-0.39, 0.29) is 24.8 Å². The number of ether oxygens (including phenoxy) is 1. The van der Waals surface area contributed by atoms with Crippen LogP contribution >= 0.6 is 0 Å². The van der Waals surface area contributed by atoms with E-state index in [4.69, 9.17) is 9.84 Å². The van der Waals surface area contributed by atoms with Crippen LogP contribution in [-0.4, -0.2) is 42.1 Å². The number of carbonyl (C=O) groups is 2. The summed E-state index contributed by atoms with van der Waals surface area (Å²) in [7, 11) is 1.56. The van der Waals surface area contributed by atoms with Crippen molar-refractivity contribution in [2.45, 2.75) is 27.2 Å². The van der Waals surface area contributed by atoms with Crippen molar-refractivity contribution in [1.82, 2.24) is 4.90 Å². The molecule has 1 amide bonds. The summed E-state index contributed by atoms with van der Waals surface area (Å²) in [6, 6.07) is 5.63. The summed E-state index contributed by atoms with van der Waals surface area (Å²) in [5.41, 5.74) is 1.81. The molecule has 0 fully saturated rings. The fraction of sp³-hybridized carbons (Fsp3) is 0.500. The van der Waals surface area contributed by atoms with Gasteiger partial charge in [0.2, 0.25) is 5.91 Å². The van der Waals surface area contributed by atoms with Crippen LogP contribution < -0.4 is 4.74 Å². The van der Waals surface area contributed by atoms with E-state index in [1.165, 1.54) is 4.90 Å². The smallest absolute Gasteiger partial charge is 0.323 e. The van der Waals surface area contributed by atoms with E-state index >= 15 is 0 Å². The van der Waals surface area contributed by atoms with Crippen LogP contribution in [0.15, 0.2) is 18.2 Å². The van der Waals surface area contributed by atoms with Gasteiger partial charge in [-0.1, -0.05) is 31.5 Å². The van der Waals surface area contributed by atoms with Crippen LogP contribution in [0.4, 0.5) is 0 Å². The Labute approximate surface area is 125 Å². The predicted molar refractivity (Wildman–Crippen MR) is 80.5 cm³/mol. The van der Waals surface area contributed by atoms with Gasteiger partial charge in [0.25, 0.3) is 0 Å². The number of aliphatic carboxylic acids is 1. The summed E-state index contributed by atoms with van der Waals surface area (Å²) in [5, 5.41) is 8.94.